The van der Waals surface area contributed by atoms with Crippen molar-refractivity contribution in [1.82, 2.24) is 9.55 Å². The molecule has 2 aromatic heterocycles. The first-order valence-electron chi connectivity index (χ1n) is 9.85. The van der Waals surface area contributed by atoms with Crippen LogP contribution < -0.4 is 0 Å². The molecule has 0 amide bonds. The molecule has 0 radical (unpaired) electrons. The number of fused-ring (bicyclic) bond motifs is 2. The van der Waals surface area contributed by atoms with E-state index < -0.39 is 10.7 Å². The summed E-state index contributed by atoms with van der Waals surface area (Å²) in [7, 11) is 0. The second-order valence-corrected chi connectivity index (χ2v) is 9.81. The van der Waals surface area contributed by atoms with Gasteiger partial charge in [0.1, 0.15) is 4.75 Å². The molecule has 5 rings (SSSR count). The maximum absolute atomic E-state index is 11.8. The van der Waals surface area contributed by atoms with Crippen molar-refractivity contribution in [2.75, 3.05) is 0 Å². The number of aromatic nitrogens is 2. The lowest BCUT2D eigenvalue weighted by molar-refractivity contribution is -0.138. The highest BCUT2D eigenvalue weighted by Crippen LogP contribution is 2.45. The Morgan fingerprint density at radius 1 is 1.14 bits per heavy atom. The van der Waals surface area contributed by atoms with E-state index >= 15 is 0 Å². The van der Waals surface area contributed by atoms with E-state index in [1.54, 1.807) is 20.0 Å². The average molecular weight is 403 g/mol. The van der Waals surface area contributed by atoms with Gasteiger partial charge in [0.05, 0.1) is 16.2 Å². The topological polar surface area (TPSA) is 55.1 Å². The van der Waals surface area contributed by atoms with Gasteiger partial charge in [-0.2, -0.15) is 0 Å². The largest absolute Gasteiger partial charge is 0.480 e. The van der Waals surface area contributed by atoms with Gasteiger partial charge in [-0.1, -0.05) is 42.1 Å². The Kier molecular flexibility index (Phi) is 4.17. The van der Waals surface area contributed by atoms with Crippen LogP contribution in [0.25, 0.3) is 27.4 Å². The first-order valence-corrected chi connectivity index (χ1v) is 10.7. The minimum atomic E-state index is -0.941. The second kappa shape index (κ2) is 6.63. The number of nitrogens with zero attached hydrogens (tertiary/aromatic N) is 2. The number of hydrogen-bond acceptors (Lipinski definition) is 3. The monoisotopic (exact) mass is 402 g/mol. The number of hydrogen-bond donors (Lipinski definition) is 1. The Hall–Kier alpha value is -2.79. The van der Waals surface area contributed by atoms with E-state index in [4.69, 9.17) is 0 Å². The molecule has 29 heavy (non-hydrogen) atoms. The lowest BCUT2D eigenvalue weighted by atomic mass is 9.99. The van der Waals surface area contributed by atoms with E-state index in [0.29, 0.717) is 5.92 Å². The minimum Gasteiger partial charge on any atom is -0.480 e. The van der Waals surface area contributed by atoms with Crippen LogP contribution in [0.3, 0.4) is 0 Å². The van der Waals surface area contributed by atoms with Crippen molar-refractivity contribution in [2.24, 2.45) is 0 Å². The van der Waals surface area contributed by atoms with Gasteiger partial charge in [0.2, 0.25) is 0 Å². The molecule has 1 fully saturated rings. The second-order valence-electron chi connectivity index (χ2n) is 8.16. The van der Waals surface area contributed by atoms with Crippen molar-refractivity contribution in [2.45, 2.75) is 42.4 Å². The Labute approximate surface area is 173 Å². The van der Waals surface area contributed by atoms with E-state index in [-0.39, 0.29) is 0 Å². The fourth-order valence-electron chi connectivity index (χ4n) is 3.91. The molecule has 1 N–H and O–H groups in total. The van der Waals surface area contributed by atoms with Crippen molar-refractivity contribution in [3.8, 4) is 5.69 Å². The quantitative estimate of drug-likeness (QED) is 0.415. The highest BCUT2D eigenvalue weighted by molar-refractivity contribution is 8.01. The van der Waals surface area contributed by atoms with Gasteiger partial charge in [0.15, 0.2) is 0 Å². The van der Waals surface area contributed by atoms with Crippen LogP contribution in [-0.2, 0) is 4.79 Å². The Morgan fingerprint density at radius 2 is 1.90 bits per heavy atom. The predicted octanol–water partition coefficient (Wildman–Crippen LogP) is 6.01. The maximum Gasteiger partial charge on any atom is 0.319 e. The fourth-order valence-corrected chi connectivity index (χ4v) is 4.99. The summed E-state index contributed by atoms with van der Waals surface area (Å²) in [4.78, 5) is 16.0. The lowest BCUT2D eigenvalue weighted by Gasteiger charge is -2.21. The molecule has 0 atom stereocenters. The Balaban J connectivity index is 1.78. The third-order valence-corrected chi connectivity index (χ3v) is 6.83. The zero-order valence-corrected chi connectivity index (χ0v) is 17.2. The summed E-state index contributed by atoms with van der Waals surface area (Å²) < 4.78 is 1.24. The van der Waals surface area contributed by atoms with Gasteiger partial charge in [0.25, 0.3) is 0 Å². The summed E-state index contributed by atoms with van der Waals surface area (Å²) in [5.74, 6) is -0.161. The average Bonchev–Trinajstić information content (AvgIpc) is 3.48. The molecule has 1 aliphatic rings. The molecule has 0 bridgehead atoms. The van der Waals surface area contributed by atoms with Crippen LogP contribution in [0, 0.1) is 0 Å². The minimum absolute atomic E-state index is 0.666. The van der Waals surface area contributed by atoms with Crippen LogP contribution in [0.2, 0.25) is 0 Å². The zero-order valence-electron chi connectivity index (χ0n) is 16.4. The number of aliphatic carboxylic acids is 1. The summed E-state index contributed by atoms with van der Waals surface area (Å²) in [5.41, 5.74) is 3.53. The summed E-state index contributed by atoms with van der Waals surface area (Å²) >= 11 is 1.37. The molecule has 2 aromatic carbocycles. The van der Waals surface area contributed by atoms with Gasteiger partial charge in [0, 0.05) is 23.2 Å². The van der Waals surface area contributed by atoms with Crippen molar-refractivity contribution in [1.29, 1.82) is 0 Å². The SMILES string of the molecule is CC(C)(Sc1cc2cnccc2n1-c1ccc(C2CC2)c2ccccc12)C(=O)O. The molecule has 0 aliphatic heterocycles. The van der Waals surface area contributed by atoms with Crippen LogP contribution in [-0.4, -0.2) is 25.4 Å². The van der Waals surface area contributed by atoms with Gasteiger partial charge < -0.3 is 9.67 Å². The van der Waals surface area contributed by atoms with Crippen LogP contribution >= 0.6 is 11.8 Å². The van der Waals surface area contributed by atoms with E-state index in [9.17, 15) is 9.90 Å². The van der Waals surface area contributed by atoms with Crippen LogP contribution in [0.15, 0.2) is 66.0 Å². The number of carbonyl (C=O) groups is 1. The highest BCUT2D eigenvalue weighted by Gasteiger charge is 2.31. The smallest absolute Gasteiger partial charge is 0.319 e. The van der Waals surface area contributed by atoms with Crippen molar-refractivity contribution in [3.63, 3.8) is 0 Å². The first kappa shape index (κ1) is 18.3. The molecule has 4 aromatic rings. The highest BCUT2D eigenvalue weighted by atomic mass is 32.2. The molecule has 1 saturated carbocycles. The molecule has 0 saturated heterocycles. The molecule has 4 nitrogen and oxygen atoms in total. The van der Waals surface area contributed by atoms with Gasteiger partial charge in [-0.25, -0.2) is 0 Å². The van der Waals surface area contributed by atoms with Crippen LogP contribution in [0.1, 0.15) is 38.2 Å². The lowest BCUT2D eigenvalue weighted by Crippen LogP contribution is -2.27. The van der Waals surface area contributed by atoms with E-state index in [1.807, 2.05) is 18.3 Å². The Bertz CT molecular complexity index is 1250. The summed E-state index contributed by atoms with van der Waals surface area (Å²) in [6.07, 6.45) is 6.14. The van der Waals surface area contributed by atoms with Gasteiger partial charge in [-0.15, -0.1) is 0 Å². The number of benzene rings is 2. The molecular weight excluding hydrogens is 380 g/mol. The molecule has 5 heteroatoms. The van der Waals surface area contributed by atoms with Crippen molar-refractivity contribution in [3.05, 3.63) is 66.5 Å². The van der Waals surface area contributed by atoms with E-state index in [2.05, 4.69) is 45.9 Å². The van der Waals surface area contributed by atoms with Crippen LogP contribution in [0.5, 0.6) is 0 Å². The molecule has 2 heterocycles. The molecule has 0 unspecified atom stereocenters. The maximum atomic E-state index is 11.8. The van der Waals surface area contributed by atoms with Gasteiger partial charge in [-0.05, 0) is 61.8 Å². The first-order chi connectivity index (χ1) is 14.0. The van der Waals surface area contributed by atoms with Gasteiger partial charge >= 0.3 is 5.97 Å². The van der Waals surface area contributed by atoms with E-state index in [0.717, 1.165) is 21.6 Å². The standard InChI is InChI=1S/C24H22N2O2S/c1-24(2,23(27)28)29-22-13-16-14-25-12-11-20(16)26(22)21-10-9-17(15-7-8-15)18-5-3-4-6-19(18)21/h3-6,9-15H,7-8H2,1-2H3,(H,27,28). The van der Waals surface area contributed by atoms with E-state index in [1.165, 1.54) is 40.9 Å². The summed E-state index contributed by atoms with van der Waals surface area (Å²) in [6.45, 7) is 3.49. The number of rotatable bonds is 5. The third kappa shape index (κ3) is 3.10. The molecule has 0 spiro atoms. The number of carboxylic acids is 1. The fraction of sp³-hybridized carbons (Fsp3) is 0.250. The zero-order chi connectivity index (χ0) is 20.2. The van der Waals surface area contributed by atoms with Crippen molar-refractivity contribution < 1.29 is 9.90 Å². The number of carboxylic acid groups (broad SMARTS) is 1. The normalized spacial score (nSPS) is 14.6. The Morgan fingerprint density at radius 3 is 2.62 bits per heavy atom. The number of thioether (sulfide) groups is 1. The molecular formula is C24H22N2O2S. The van der Waals surface area contributed by atoms with Gasteiger partial charge in [-0.3, -0.25) is 9.78 Å². The number of pyridine rings is 1. The van der Waals surface area contributed by atoms with Crippen molar-refractivity contribution >= 4 is 39.4 Å². The molecule has 1 aliphatic carbocycles. The predicted molar refractivity (Wildman–Crippen MR) is 118 cm³/mol. The summed E-state index contributed by atoms with van der Waals surface area (Å²) in [6, 6.07) is 17.0. The third-order valence-electron chi connectivity index (χ3n) is 5.64. The van der Waals surface area contributed by atoms with Crippen LogP contribution in [0.4, 0.5) is 0 Å². The molecule has 146 valence electrons. The summed E-state index contributed by atoms with van der Waals surface area (Å²) in [5, 5.41) is 14.1.